The number of rotatable bonds is 7. The summed E-state index contributed by atoms with van der Waals surface area (Å²) in [7, 11) is 0. The molecule has 1 amide bonds. The van der Waals surface area contributed by atoms with Crippen molar-refractivity contribution in [3.05, 3.63) is 53.4 Å². The number of aliphatic carboxylic acids is 1. The van der Waals surface area contributed by atoms with Gasteiger partial charge >= 0.3 is 5.97 Å². The molecule has 0 bridgehead atoms. The number of aromatic nitrogens is 1. The maximum absolute atomic E-state index is 12.3. The third-order valence-corrected chi connectivity index (χ3v) is 3.50. The number of hydrogen-bond acceptors (Lipinski definition) is 4. The van der Waals surface area contributed by atoms with Crippen LogP contribution in [0.4, 0.5) is 0 Å². The summed E-state index contributed by atoms with van der Waals surface area (Å²) in [6.07, 6.45) is 0.268. The molecular weight excluding hydrogens is 296 g/mol. The largest absolute Gasteiger partial charge is 0.481 e. The van der Waals surface area contributed by atoms with E-state index in [4.69, 9.17) is 9.63 Å². The molecule has 23 heavy (non-hydrogen) atoms. The minimum atomic E-state index is -0.901. The minimum Gasteiger partial charge on any atom is -0.481 e. The van der Waals surface area contributed by atoms with Gasteiger partial charge in [-0.1, -0.05) is 49.3 Å². The Bertz CT molecular complexity index is 664. The maximum Gasteiger partial charge on any atom is 0.303 e. The third-order valence-electron chi connectivity index (χ3n) is 3.50. The lowest BCUT2D eigenvalue weighted by Gasteiger charge is -2.17. The topological polar surface area (TPSA) is 92.4 Å². The number of carbonyl (C=O) groups is 2. The van der Waals surface area contributed by atoms with E-state index in [1.807, 2.05) is 44.2 Å². The molecule has 1 heterocycles. The summed E-state index contributed by atoms with van der Waals surface area (Å²) in [5, 5.41) is 15.6. The van der Waals surface area contributed by atoms with Gasteiger partial charge in [-0.25, -0.2) is 0 Å². The van der Waals surface area contributed by atoms with E-state index in [0.29, 0.717) is 12.1 Å². The summed E-state index contributed by atoms with van der Waals surface area (Å²) in [5.41, 5.74) is 1.56. The molecule has 0 fully saturated rings. The molecule has 1 atom stereocenters. The molecule has 2 N–H and O–H groups in total. The zero-order valence-corrected chi connectivity index (χ0v) is 13.2. The van der Waals surface area contributed by atoms with Gasteiger partial charge in [-0.05, 0) is 17.9 Å². The highest BCUT2D eigenvalue weighted by Gasteiger charge is 2.20. The first-order valence-electron chi connectivity index (χ1n) is 7.51. The summed E-state index contributed by atoms with van der Waals surface area (Å²) in [6.45, 7) is 3.92. The normalized spacial score (nSPS) is 12.1. The van der Waals surface area contributed by atoms with E-state index in [9.17, 15) is 9.59 Å². The molecule has 1 aromatic carbocycles. The molecule has 1 unspecified atom stereocenters. The SMILES string of the molecule is CC(C)c1cc(C(=O)NC(CCC(=O)O)c2ccccc2)on1. The van der Waals surface area contributed by atoms with Gasteiger partial charge < -0.3 is 14.9 Å². The molecule has 0 aliphatic heterocycles. The molecular formula is C17H20N2O4. The van der Waals surface area contributed by atoms with Crippen molar-refractivity contribution < 1.29 is 19.2 Å². The van der Waals surface area contributed by atoms with Crippen molar-refractivity contribution in [1.29, 1.82) is 0 Å². The molecule has 2 rings (SSSR count). The van der Waals surface area contributed by atoms with Crippen LogP contribution in [0.3, 0.4) is 0 Å². The molecule has 0 saturated heterocycles. The van der Waals surface area contributed by atoms with Crippen molar-refractivity contribution in [2.24, 2.45) is 0 Å². The number of carboxylic acid groups (broad SMARTS) is 1. The fraction of sp³-hybridized carbons (Fsp3) is 0.353. The molecule has 0 spiro atoms. The predicted octanol–water partition coefficient (Wildman–Crippen LogP) is 3.13. The van der Waals surface area contributed by atoms with Crippen molar-refractivity contribution in [2.75, 3.05) is 0 Å². The van der Waals surface area contributed by atoms with Gasteiger partial charge in [-0.3, -0.25) is 9.59 Å². The fourth-order valence-electron chi connectivity index (χ4n) is 2.17. The van der Waals surface area contributed by atoms with Crippen LogP contribution in [0.15, 0.2) is 40.9 Å². The Hall–Kier alpha value is -2.63. The molecule has 0 aliphatic carbocycles. The second kappa shape index (κ2) is 7.58. The van der Waals surface area contributed by atoms with Crippen LogP contribution in [-0.2, 0) is 4.79 Å². The van der Waals surface area contributed by atoms with Crippen LogP contribution >= 0.6 is 0 Å². The lowest BCUT2D eigenvalue weighted by molar-refractivity contribution is -0.137. The highest BCUT2D eigenvalue weighted by molar-refractivity contribution is 5.91. The molecule has 0 aliphatic rings. The summed E-state index contributed by atoms with van der Waals surface area (Å²) < 4.78 is 5.07. The first-order valence-corrected chi connectivity index (χ1v) is 7.51. The van der Waals surface area contributed by atoms with Crippen molar-refractivity contribution in [3.8, 4) is 0 Å². The Morgan fingerprint density at radius 2 is 1.96 bits per heavy atom. The van der Waals surface area contributed by atoms with Gasteiger partial charge in [0.1, 0.15) is 0 Å². The molecule has 0 radical (unpaired) electrons. The molecule has 1 aromatic heterocycles. The minimum absolute atomic E-state index is 0.0342. The predicted molar refractivity (Wildman–Crippen MR) is 84.1 cm³/mol. The number of nitrogens with zero attached hydrogens (tertiary/aromatic N) is 1. The van der Waals surface area contributed by atoms with E-state index in [1.54, 1.807) is 6.07 Å². The van der Waals surface area contributed by atoms with E-state index < -0.39 is 17.9 Å². The molecule has 6 heteroatoms. The first-order chi connectivity index (χ1) is 11.0. The van der Waals surface area contributed by atoms with Gasteiger partial charge in [0.05, 0.1) is 11.7 Å². The van der Waals surface area contributed by atoms with Gasteiger partial charge in [0.15, 0.2) is 0 Å². The smallest absolute Gasteiger partial charge is 0.303 e. The van der Waals surface area contributed by atoms with Crippen LogP contribution in [0.2, 0.25) is 0 Å². The molecule has 6 nitrogen and oxygen atoms in total. The highest BCUT2D eigenvalue weighted by atomic mass is 16.5. The van der Waals surface area contributed by atoms with Crippen LogP contribution in [0.25, 0.3) is 0 Å². The fourth-order valence-corrected chi connectivity index (χ4v) is 2.17. The van der Waals surface area contributed by atoms with Crippen molar-refractivity contribution in [2.45, 2.75) is 38.6 Å². The average Bonchev–Trinajstić information content (AvgIpc) is 3.02. The third kappa shape index (κ3) is 4.67. The van der Waals surface area contributed by atoms with Gasteiger partial charge in [-0.2, -0.15) is 0 Å². The molecule has 0 saturated carbocycles. The lowest BCUT2D eigenvalue weighted by Crippen LogP contribution is -2.28. The second-order valence-electron chi connectivity index (χ2n) is 5.64. The Morgan fingerprint density at radius 1 is 1.26 bits per heavy atom. The molecule has 122 valence electrons. The number of benzene rings is 1. The van der Waals surface area contributed by atoms with E-state index in [1.165, 1.54) is 0 Å². The summed E-state index contributed by atoms with van der Waals surface area (Å²) >= 11 is 0. The number of carboxylic acids is 1. The van der Waals surface area contributed by atoms with Gasteiger partial charge in [0.25, 0.3) is 5.91 Å². The van der Waals surface area contributed by atoms with Gasteiger partial charge in [0.2, 0.25) is 5.76 Å². The Morgan fingerprint density at radius 3 is 2.52 bits per heavy atom. The summed E-state index contributed by atoms with van der Waals surface area (Å²) in [5.74, 6) is -1.01. The first kappa shape index (κ1) is 16.7. The number of hydrogen-bond donors (Lipinski definition) is 2. The zero-order valence-electron chi connectivity index (χ0n) is 13.2. The van der Waals surface area contributed by atoms with Crippen LogP contribution < -0.4 is 5.32 Å². The van der Waals surface area contributed by atoms with E-state index in [0.717, 1.165) is 5.56 Å². The zero-order chi connectivity index (χ0) is 16.8. The number of nitrogens with one attached hydrogen (secondary N) is 1. The highest BCUT2D eigenvalue weighted by Crippen LogP contribution is 2.20. The second-order valence-corrected chi connectivity index (χ2v) is 5.64. The summed E-state index contributed by atoms with van der Waals surface area (Å²) in [4.78, 5) is 23.1. The van der Waals surface area contributed by atoms with Crippen LogP contribution in [0.1, 0.15) is 60.5 Å². The van der Waals surface area contributed by atoms with Gasteiger partial charge in [0, 0.05) is 12.5 Å². The van der Waals surface area contributed by atoms with Crippen LogP contribution in [-0.4, -0.2) is 22.1 Å². The Kier molecular flexibility index (Phi) is 5.51. The Labute approximate surface area is 134 Å². The molecule has 2 aromatic rings. The number of amides is 1. The van der Waals surface area contributed by atoms with Crippen molar-refractivity contribution >= 4 is 11.9 Å². The van der Waals surface area contributed by atoms with E-state index in [2.05, 4.69) is 10.5 Å². The Balaban J connectivity index is 2.12. The van der Waals surface area contributed by atoms with E-state index in [-0.39, 0.29) is 18.1 Å². The monoisotopic (exact) mass is 316 g/mol. The van der Waals surface area contributed by atoms with Crippen molar-refractivity contribution in [1.82, 2.24) is 10.5 Å². The quantitative estimate of drug-likeness (QED) is 0.818. The standard InChI is InChI=1S/C17H20N2O4/c1-11(2)14-10-15(23-19-14)17(22)18-13(8-9-16(20)21)12-6-4-3-5-7-12/h3-7,10-11,13H,8-9H2,1-2H3,(H,18,22)(H,20,21). The van der Waals surface area contributed by atoms with E-state index >= 15 is 0 Å². The van der Waals surface area contributed by atoms with Gasteiger partial charge in [-0.15, -0.1) is 0 Å². The average molecular weight is 316 g/mol. The van der Waals surface area contributed by atoms with Crippen LogP contribution in [0, 0.1) is 0 Å². The van der Waals surface area contributed by atoms with Crippen molar-refractivity contribution in [3.63, 3.8) is 0 Å². The maximum atomic E-state index is 12.3. The van der Waals surface area contributed by atoms with Crippen LogP contribution in [0.5, 0.6) is 0 Å². The lowest BCUT2D eigenvalue weighted by atomic mass is 10.0. The number of carbonyl (C=O) groups excluding carboxylic acids is 1. The summed E-state index contributed by atoms with van der Waals surface area (Å²) in [6, 6.07) is 10.5.